The van der Waals surface area contributed by atoms with Gasteiger partial charge in [-0.15, -0.1) is 0 Å². The molecule has 1 atom stereocenters. The van der Waals surface area contributed by atoms with Crippen LogP contribution in [-0.2, 0) is 19.1 Å². The molecule has 0 aliphatic rings. The number of rotatable bonds is 12. The van der Waals surface area contributed by atoms with Crippen LogP contribution >= 0.6 is 0 Å². The van der Waals surface area contributed by atoms with E-state index in [1.54, 1.807) is 6.92 Å². The van der Waals surface area contributed by atoms with Crippen molar-refractivity contribution >= 4 is 11.9 Å². The quantitative estimate of drug-likeness (QED) is 0.196. The molecule has 0 rings (SSSR count). The van der Waals surface area contributed by atoms with E-state index in [4.69, 9.17) is 9.47 Å². The van der Waals surface area contributed by atoms with Crippen LogP contribution < -0.4 is 0 Å². The van der Waals surface area contributed by atoms with Crippen LogP contribution in [0.2, 0.25) is 0 Å². The van der Waals surface area contributed by atoms with Crippen LogP contribution in [0.5, 0.6) is 0 Å². The number of carbonyl (C=O) groups is 2. The summed E-state index contributed by atoms with van der Waals surface area (Å²) in [5, 5.41) is 0. The van der Waals surface area contributed by atoms with E-state index in [1.165, 1.54) is 0 Å². The van der Waals surface area contributed by atoms with Gasteiger partial charge in [-0.3, -0.25) is 9.59 Å². The largest absolute Gasteiger partial charge is 0.465 e. The molecule has 0 N–H and O–H groups in total. The molecule has 0 spiro atoms. The molecule has 4 heteroatoms. The number of hydrogen-bond acceptors (Lipinski definition) is 4. The van der Waals surface area contributed by atoms with Crippen molar-refractivity contribution in [2.45, 2.75) is 92.6 Å². The Morgan fingerprint density at radius 3 is 2.15 bits per heavy atom. The molecular weight excluding hydrogens is 340 g/mol. The second-order valence-corrected chi connectivity index (χ2v) is 7.56. The van der Waals surface area contributed by atoms with Crippen molar-refractivity contribution in [2.75, 3.05) is 6.61 Å². The van der Waals surface area contributed by atoms with Gasteiger partial charge in [0.15, 0.2) is 11.5 Å². The van der Waals surface area contributed by atoms with Crippen molar-refractivity contribution in [1.82, 2.24) is 0 Å². The summed E-state index contributed by atoms with van der Waals surface area (Å²) in [7, 11) is 0. The third kappa shape index (κ3) is 9.13. The summed E-state index contributed by atoms with van der Waals surface area (Å²) in [4.78, 5) is 25.6. The molecule has 0 saturated heterocycles. The molecule has 0 aliphatic carbocycles. The van der Waals surface area contributed by atoms with Crippen LogP contribution in [0.25, 0.3) is 0 Å². The predicted molar refractivity (Wildman–Crippen MR) is 110 cm³/mol. The Labute approximate surface area is 166 Å². The summed E-state index contributed by atoms with van der Waals surface area (Å²) in [6.45, 7) is 15.8. The number of allylic oxidation sites excluding steroid dienone is 1. The molecule has 0 bridgehead atoms. The fraction of sp³-hybridized carbons (Fsp3) is 0.739. The number of unbranched alkanes of at least 4 members (excludes halogenated alkanes) is 3. The van der Waals surface area contributed by atoms with Crippen molar-refractivity contribution in [2.24, 2.45) is 11.3 Å². The second kappa shape index (κ2) is 13.4. The summed E-state index contributed by atoms with van der Waals surface area (Å²) in [6.07, 6.45) is 4.83. The normalized spacial score (nSPS) is 12.1. The van der Waals surface area contributed by atoms with E-state index in [0.29, 0.717) is 37.4 Å². The topological polar surface area (TPSA) is 52.6 Å². The van der Waals surface area contributed by atoms with Crippen LogP contribution in [0.15, 0.2) is 12.2 Å². The van der Waals surface area contributed by atoms with E-state index in [0.717, 1.165) is 25.7 Å². The standard InChI is InChI=1S/C23H38O4/c1-8-11-12-13-16-26-21(24)23(9-2,10-3)22(25)27-20(17-19(6)7)15-14-18(4)5/h19-20H,4,8-13,16-17H2,1-3,5-7H3. The minimum Gasteiger partial charge on any atom is -0.465 e. The maximum absolute atomic E-state index is 12.9. The minimum atomic E-state index is -1.26. The first-order valence-corrected chi connectivity index (χ1v) is 10.3. The molecule has 154 valence electrons. The molecule has 0 radical (unpaired) electrons. The molecule has 0 aromatic rings. The first-order valence-electron chi connectivity index (χ1n) is 10.3. The van der Waals surface area contributed by atoms with E-state index in [1.807, 2.05) is 27.7 Å². The Hall–Kier alpha value is -1.76. The Morgan fingerprint density at radius 2 is 1.67 bits per heavy atom. The highest BCUT2D eigenvalue weighted by Gasteiger charge is 2.46. The Balaban J connectivity index is 5.17. The van der Waals surface area contributed by atoms with Crippen molar-refractivity contribution in [1.29, 1.82) is 0 Å². The van der Waals surface area contributed by atoms with Gasteiger partial charge in [-0.2, -0.15) is 0 Å². The Kier molecular flexibility index (Phi) is 12.5. The number of ether oxygens (including phenoxy) is 2. The van der Waals surface area contributed by atoms with E-state index >= 15 is 0 Å². The lowest BCUT2D eigenvalue weighted by Gasteiger charge is -2.28. The zero-order chi connectivity index (χ0) is 20.9. The number of carbonyl (C=O) groups excluding carboxylic acids is 2. The number of esters is 2. The molecule has 0 aromatic heterocycles. The maximum Gasteiger partial charge on any atom is 0.324 e. The van der Waals surface area contributed by atoms with Gasteiger partial charge in [-0.05, 0) is 44.1 Å². The van der Waals surface area contributed by atoms with Gasteiger partial charge in [-0.1, -0.05) is 72.3 Å². The van der Waals surface area contributed by atoms with Crippen molar-refractivity contribution in [3.05, 3.63) is 12.2 Å². The lowest BCUT2D eigenvalue weighted by molar-refractivity contribution is -0.175. The zero-order valence-electron chi connectivity index (χ0n) is 18.2. The maximum atomic E-state index is 12.9. The van der Waals surface area contributed by atoms with Crippen LogP contribution in [0.1, 0.15) is 86.5 Å². The highest BCUT2D eigenvalue weighted by molar-refractivity contribution is 6.00. The summed E-state index contributed by atoms with van der Waals surface area (Å²) in [5.41, 5.74) is -0.547. The monoisotopic (exact) mass is 378 g/mol. The molecule has 4 nitrogen and oxygen atoms in total. The van der Waals surface area contributed by atoms with E-state index in [9.17, 15) is 9.59 Å². The van der Waals surface area contributed by atoms with Crippen LogP contribution in [0, 0.1) is 23.2 Å². The molecule has 1 unspecified atom stereocenters. The summed E-state index contributed by atoms with van der Waals surface area (Å²) in [5.74, 6) is 5.15. The van der Waals surface area contributed by atoms with Crippen LogP contribution in [-0.4, -0.2) is 24.6 Å². The highest BCUT2D eigenvalue weighted by Crippen LogP contribution is 2.31. The molecule has 0 fully saturated rings. The molecule has 0 heterocycles. The summed E-state index contributed by atoms with van der Waals surface area (Å²) < 4.78 is 11.1. The van der Waals surface area contributed by atoms with E-state index < -0.39 is 23.5 Å². The fourth-order valence-electron chi connectivity index (χ4n) is 2.75. The highest BCUT2D eigenvalue weighted by atomic mass is 16.6. The summed E-state index contributed by atoms with van der Waals surface area (Å²) >= 11 is 0. The average molecular weight is 379 g/mol. The molecule has 0 aromatic carbocycles. The van der Waals surface area contributed by atoms with E-state index in [-0.39, 0.29) is 0 Å². The first kappa shape index (κ1) is 25.2. The first-order chi connectivity index (χ1) is 12.7. The minimum absolute atomic E-state index is 0.311. The smallest absolute Gasteiger partial charge is 0.324 e. The lowest BCUT2D eigenvalue weighted by atomic mass is 9.82. The Morgan fingerprint density at radius 1 is 1.04 bits per heavy atom. The lowest BCUT2D eigenvalue weighted by Crippen LogP contribution is -2.42. The van der Waals surface area contributed by atoms with E-state index in [2.05, 4.69) is 25.3 Å². The van der Waals surface area contributed by atoms with Crippen molar-refractivity contribution in [3.8, 4) is 11.8 Å². The molecule has 0 aliphatic heterocycles. The van der Waals surface area contributed by atoms with Crippen LogP contribution in [0.3, 0.4) is 0 Å². The van der Waals surface area contributed by atoms with Gasteiger partial charge in [0.25, 0.3) is 0 Å². The fourth-order valence-corrected chi connectivity index (χ4v) is 2.75. The van der Waals surface area contributed by atoms with Crippen molar-refractivity contribution in [3.63, 3.8) is 0 Å². The van der Waals surface area contributed by atoms with Gasteiger partial charge in [0.05, 0.1) is 6.61 Å². The molecule has 0 saturated carbocycles. The molecule has 27 heavy (non-hydrogen) atoms. The second-order valence-electron chi connectivity index (χ2n) is 7.56. The Bertz CT molecular complexity index is 532. The van der Waals surface area contributed by atoms with Gasteiger partial charge in [-0.25, -0.2) is 0 Å². The van der Waals surface area contributed by atoms with Gasteiger partial charge in [0.2, 0.25) is 0 Å². The predicted octanol–water partition coefficient (Wildman–Crippen LogP) is 5.45. The zero-order valence-corrected chi connectivity index (χ0v) is 18.2. The van der Waals surface area contributed by atoms with Gasteiger partial charge < -0.3 is 9.47 Å². The third-order valence-corrected chi connectivity index (χ3v) is 4.60. The SMILES string of the molecule is C=C(C)C#CC(CC(C)C)OC(=O)C(CC)(CC)C(=O)OCCCCCC. The molecular formula is C23H38O4. The third-order valence-electron chi connectivity index (χ3n) is 4.60. The van der Waals surface area contributed by atoms with Gasteiger partial charge >= 0.3 is 11.9 Å². The van der Waals surface area contributed by atoms with Gasteiger partial charge in [0.1, 0.15) is 0 Å². The molecule has 0 amide bonds. The summed E-state index contributed by atoms with van der Waals surface area (Å²) in [6, 6.07) is 0. The van der Waals surface area contributed by atoms with Gasteiger partial charge in [0, 0.05) is 0 Å². The average Bonchev–Trinajstić information content (AvgIpc) is 2.60. The van der Waals surface area contributed by atoms with Crippen LogP contribution in [0.4, 0.5) is 0 Å². The van der Waals surface area contributed by atoms with Crippen molar-refractivity contribution < 1.29 is 19.1 Å². The number of hydrogen-bond donors (Lipinski definition) is 0.